The third-order valence-corrected chi connectivity index (χ3v) is 6.57. The monoisotopic (exact) mass is 512 g/mol. The fourth-order valence-electron chi connectivity index (χ4n) is 3.94. The quantitative estimate of drug-likeness (QED) is 0.348. The minimum absolute atomic E-state index is 0.158. The third kappa shape index (κ3) is 5.91. The van der Waals surface area contributed by atoms with Gasteiger partial charge in [0.05, 0.1) is 18.7 Å². The average Bonchev–Trinajstić information content (AvgIpc) is 3.50. The van der Waals surface area contributed by atoms with Gasteiger partial charge in [0, 0.05) is 52.2 Å². The van der Waals surface area contributed by atoms with E-state index in [0.29, 0.717) is 47.0 Å². The summed E-state index contributed by atoms with van der Waals surface area (Å²) in [6.45, 7) is 3.09. The Kier molecular flexibility index (Phi) is 7.34. The van der Waals surface area contributed by atoms with E-state index in [1.165, 1.54) is 11.3 Å². The summed E-state index contributed by atoms with van der Waals surface area (Å²) in [4.78, 5) is 43.9. The van der Waals surface area contributed by atoms with Crippen LogP contribution in [0.25, 0.3) is 0 Å². The van der Waals surface area contributed by atoms with E-state index >= 15 is 0 Å². The van der Waals surface area contributed by atoms with Gasteiger partial charge in [-0.15, -0.1) is 11.3 Å². The predicted molar refractivity (Wildman–Crippen MR) is 144 cm³/mol. The summed E-state index contributed by atoms with van der Waals surface area (Å²) in [5.74, 6) is -0.678. The van der Waals surface area contributed by atoms with Gasteiger partial charge in [0.25, 0.3) is 11.8 Å². The summed E-state index contributed by atoms with van der Waals surface area (Å²) in [5, 5.41) is 7.30. The first-order chi connectivity index (χ1) is 18.1. The van der Waals surface area contributed by atoms with E-state index in [9.17, 15) is 14.4 Å². The Balaban J connectivity index is 1.18. The highest BCUT2D eigenvalue weighted by Gasteiger charge is 2.14. The second kappa shape index (κ2) is 11.2. The summed E-state index contributed by atoms with van der Waals surface area (Å²) in [6.07, 6.45) is 0. The van der Waals surface area contributed by atoms with Crippen molar-refractivity contribution in [1.82, 2.24) is 4.98 Å². The number of ether oxygens (including phenoxy) is 1. The molecule has 3 aromatic carbocycles. The Bertz CT molecular complexity index is 1380. The fourth-order valence-corrected chi connectivity index (χ4v) is 4.48. The second-order valence-corrected chi connectivity index (χ2v) is 9.13. The highest BCUT2D eigenvalue weighted by atomic mass is 32.1. The zero-order chi connectivity index (χ0) is 25.6. The largest absolute Gasteiger partial charge is 0.378 e. The van der Waals surface area contributed by atoms with Gasteiger partial charge in [0.15, 0.2) is 5.78 Å². The van der Waals surface area contributed by atoms with E-state index in [1.54, 1.807) is 71.6 Å². The molecular weight excluding hydrogens is 488 g/mol. The van der Waals surface area contributed by atoms with Gasteiger partial charge in [-0.3, -0.25) is 14.4 Å². The van der Waals surface area contributed by atoms with Crippen LogP contribution in [0.3, 0.4) is 0 Å². The number of ketones is 1. The topological polar surface area (TPSA) is 101 Å². The first-order valence-corrected chi connectivity index (χ1v) is 12.7. The lowest BCUT2D eigenvalue weighted by atomic mass is 10.0. The van der Waals surface area contributed by atoms with Gasteiger partial charge in [-0.1, -0.05) is 0 Å². The van der Waals surface area contributed by atoms with Crippen LogP contribution in [-0.4, -0.2) is 48.9 Å². The highest BCUT2D eigenvalue weighted by molar-refractivity contribution is 7.07. The number of nitrogens with one attached hydrogen (secondary N) is 2. The molecule has 0 aliphatic carbocycles. The molecule has 8 nitrogen and oxygen atoms in total. The molecule has 1 aliphatic rings. The maximum atomic E-state index is 12.9. The minimum Gasteiger partial charge on any atom is -0.378 e. The molecule has 0 radical (unpaired) electrons. The lowest BCUT2D eigenvalue weighted by Crippen LogP contribution is -2.36. The molecule has 1 saturated heterocycles. The molecule has 5 rings (SSSR count). The van der Waals surface area contributed by atoms with Crippen molar-refractivity contribution < 1.29 is 19.1 Å². The van der Waals surface area contributed by atoms with Crippen LogP contribution in [0, 0.1) is 0 Å². The van der Waals surface area contributed by atoms with E-state index < -0.39 is 0 Å². The van der Waals surface area contributed by atoms with Gasteiger partial charge < -0.3 is 20.3 Å². The van der Waals surface area contributed by atoms with E-state index in [-0.39, 0.29) is 17.6 Å². The molecule has 2 N–H and O–H groups in total. The van der Waals surface area contributed by atoms with E-state index in [1.807, 2.05) is 12.1 Å². The summed E-state index contributed by atoms with van der Waals surface area (Å²) >= 11 is 1.35. The number of thiazole rings is 1. The number of nitrogens with zero attached hydrogens (tertiary/aromatic N) is 2. The number of morpholine rings is 1. The number of rotatable bonds is 7. The number of amides is 2. The van der Waals surface area contributed by atoms with Crippen LogP contribution in [0.4, 0.5) is 17.1 Å². The Hall–Kier alpha value is -4.34. The molecule has 4 aromatic rings. The molecule has 0 unspecified atom stereocenters. The molecule has 1 fully saturated rings. The van der Waals surface area contributed by atoms with Crippen LogP contribution in [0.2, 0.25) is 0 Å². The lowest BCUT2D eigenvalue weighted by molar-refractivity contribution is 0.101. The molecule has 0 bridgehead atoms. The van der Waals surface area contributed by atoms with Crippen LogP contribution >= 0.6 is 11.3 Å². The summed E-state index contributed by atoms with van der Waals surface area (Å²) in [7, 11) is 0. The van der Waals surface area contributed by atoms with Crippen molar-refractivity contribution in [2.75, 3.05) is 41.8 Å². The second-order valence-electron chi connectivity index (χ2n) is 8.41. The number of hydrogen-bond acceptors (Lipinski definition) is 7. The van der Waals surface area contributed by atoms with Crippen molar-refractivity contribution in [3.05, 3.63) is 106 Å². The molecule has 37 heavy (non-hydrogen) atoms. The maximum absolute atomic E-state index is 12.9. The molecule has 0 saturated carbocycles. The summed E-state index contributed by atoms with van der Waals surface area (Å²) in [6, 6.07) is 20.9. The van der Waals surface area contributed by atoms with E-state index in [4.69, 9.17) is 4.74 Å². The Labute approximate surface area is 217 Å². The Morgan fingerprint density at radius 2 is 1.27 bits per heavy atom. The van der Waals surface area contributed by atoms with Gasteiger partial charge in [0.1, 0.15) is 5.69 Å². The fraction of sp³-hybridized carbons (Fsp3) is 0.143. The number of anilines is 3. The molecule has 0 spiro atoms. The third-order valence-electron chi connectivity index (χ3n) is 5.98. The summed E-state index contributed by atoms with van der Waals surface area (Å²) in [5.41, 5.74) is 5.72. The predicted octanol–water partition coefficient (Wildman–Crippen LogP) is 4.72. The smallest absolute Gasteiger partial charge is 0.275 e. The average molecular weight is 513 g/mol. The van der Waals surface area contributed by atoms with Crippen molar-refractivity contribution in [2.24, 2.45) is 0 Å². The van der Waals surface area contributed by atoms with Crippen LogP contribution in [-0.2, 0) is 4.74 Å². The van der Waals surface area contributed by atoms with Gasteiger partial charge >= 0.3 is 0 Å². The van der Waals surface area contributed by atoms with E-state index in [2.05, 4.69) is 20.5 Å². The first kappa shape index (κ1) is 24.4. The number of aromatic nitrogens is 1. The molecule has 1 aliphatic heterocycles. The first-order valence-electron chi connectivity index (χ1n) is 11.8. The van der Waals surface area contributed by atoms with Gasteiger partial charge in [-0.2, -0.15) is 0 Å². The standard InChI is InChI=1S/C28H24N4O4S/c33-26(20-3-9-23(10-4-20)31-28(35)25-17-37-18-29-25)19-1-7-22(8-2-19)30-27(34)21-5-11-24(12-6-21)32-13-15-36-16-14-32/h1-12,17-18H,13-16H2,(H,30,34)(H,31,35). The number of carbonyl (C=O) groups is 3. The van der Waals surface area contributed by atoms with Gasteiger partial charge in [-0.25, -0.2) is 4.98 Å². The summed E-state index contributed by atoms with van der Waals surface area (Å²) < 4.78 is 5.38. The Morgan fingerprint density at radius 3 is 1.81 bits per heavy atom. The van der Waals surface area contributed by atoms with Crippen molar-refractivity contribution in [2.45, 2.75) is 0 Å². The van der Waals surface area contributed by atoms with Crippen LogP contribution in [0.15, 0.2) is 83.7 Å². The lowest BCUT2D eigenvalue weighted by Gasteiger charge is -2.28. The molecular formula is C28H24N4O4S. The number of benzene rings is 3. The zero-order valence-corrected chi connectivity index (χ0v) is 20.7. The SMILES string of the molecule is O=C(Nc1ccc(C(=O)c2ccc(NC(=O)c3cscn3)cc2)cc1)c1ccc(N2CCOCC2)cc1. The van der Waals surface area contributed by atoms with Gasteiger partial charge in [0.2, 0.25) is 0 Å². The van der Waals surface area contributed by atoms with Gasteiger partial charge in [-0.05, 0) is 72.8 Å². The zero-order valence-electron chi connectivity index (χ0n) is 19.8. The van der Waals surface area contributed by atoms with Crippen molar-refractivity contribution in [3.8, 4) is 0 Å². The highest BCUT2D eigenvalue weighted by Crippen LogP contribution is 2.19. The molecule has 9 heteroatoms. The molecule has 2 heterocycles. The number of hydrogen-bond donors (Lipinski definition) is 2. The number of carbonyl (C=O) groups excluding carboxylic acids is 3. The normalized spacial score (nSPS) is 13.1. The van der Waals surface area contributed by atoms with Crippen LogP contribution in [0.1, 0.15) is 36.8 Å². The molecule has 186 valence electrons. The van der Waals surface area contributed by atoms with Crippen molar-refractivity contribution in [1.29, 1.82) is 0 Å². The molecule has 1 aromatic heterocycles. The van der Waals surface area contributed by atoms with Crippen LogP contribution < -0.4 is 15.5 Å². The minimum atomic E-state index is -0.300. The molecule has 0 atom stereocenters. The maximum Gasteiger partial charge on any atom is 0.275 e. The molecule has 2 amide bonds. The van der Waals surface area contributed by atoms with Crippen molar-refractivity contribution >= 4 is 46.0 Å². The Morgan fingerprint density at radius 1 is 0.730 bits per heavy atom. The van der Waals surface area contributed by atoms with Crippen molar-refractivity contribution in [3.63, 3.8) is 0 Å². The van der Waals surface area contributed by atoms with E-state index in [0.717, 1.165) is 18.8 Å². The van der Waals surface area contributed by atoms with Crippen LogP contribution in [0.5, 0.6) is 0 Å².